The molecule has 0 aromatic carbocycles. The van der Waals surface area contributed by atoms with Crippen LogP contribution in [0.3, 0.4) is 0 Å². The Morgan fingerprint density at radius 1 is 1.33 bits per heavy atom. The lowest BCUT2D eigenvalue weighted by Crippen LogP contribution is -2.44. The molecule has 1 aliphatic carbocycles. The number of rotatable bonds is 2. The topological polar surface area (TPSA) is 20.3 Å². The summed E-state index contributed by atoms with van der Waals surface area (Å²) in [4.78, 5) is 14.0. The molecule has 2 atom stereocenters. The molecule has 0 aromatic rings. The summed E-state index contributed by atoms with van der Waals surface area (Å²) in [6, 6.07) is 0.584. The Hall–Kier alpha value is -0.370. The number of Topliss-reactive ketones (excluding diaryl/α,β-unsaturated/α-hetero) is 1. The largest absolute Gasteiger partial charge is 0.300 e. The van der Waals surface area contributed by atoms with Gasteiger partial charge in [-0.2, -0.15) is 0 Å². The fourth-order valence-electron chi connectivity index (χ4n) is 3.08. The van der Waals surface area contributed by atoms with E-state index in [9.17, 15) is 4.79 Å². The van der Waals surface area contributed by atoms with Crippen molar-refractivity contribution in [2.75, 3.05) is 13.1 Å². The van der Waals surface area contributed by atoms with Crippen LogP contribution in [-0.2, 0) is 4.79 Å². The number of hydrogen-bond acceptors (Lipinski definition) is 2. The maximum absolute atomic E-state index is 11.4. The minimum atomic E-state index is 0.491. The Balaban J connectivity index is 1.88. The third kappa shape index (κ3) is 2.81. The Morgan fingerprint density at radius 3 is 2.93 bits per heavy atom. The van der Waals surface area contributed by atoms with E-state index < -0.39 is 0 Å². The van der Waals surface area contributed by atoms with Gasteiger partial charge in [-0.3, -0.25) is 9.69 Å². The van der Waals surface area contributed by atoms with Gasteiger partial charge in [-0.25, -0.2) is 0 Å². The van der Waals surface area contributed by atoms with E-state index in [1.165, 1.54) is 38.8 Å². The van der Waals surface area contributed by atoms with Crippen LogP contribution in [0, 0.1) is 5.92 Å². The monoisotopic (exact) mass is 209 g/mol. The second-order valence-electron chi connectivity index (χ2n) is 5.20. The van der Waals surface area contributed by atoms with Crippen molar-refractivity contribution in [2.45, 2.75) is 57.9 Å². The minimum absolute atomic E-state index is 0.491. The molecule has 86 valence electrons. The molecule has 15 heavy (non-hydrogen) atoms. The number of carbonyl (C=O) groups excluding carboxylic acids is 1. The first-order valence-electron chi connectivity index (χ1n) is 6.55. The standard InChI is InChI=1S/C13H23NO/c1-2-11-5-4-8-14(10-11)12-6-3-7-13(15)9-12/h11-12H,2-10H2,1H3. The van der Waals surface area contributed by atoms with E-state index in [1.54, 1.807) is 0 Å². The summed E-state index contributed by atoms with van der Waals surface area (Å²) in [5.41, 5.74) is 0. The molecule has 2 fully saturated rings. The normalized spacial score (nSPS) is 34.3. The summed E-state index contributed by atoms with van der Waals surface area (Å²) in [6.07, 6.45) is 8.07. The fraction of sp³-hybridized carbons (Fsp3) is 0.923. The predicted octanol–water partition coefficient (Wildman–Crippen LogP) is 2.62. The molecule has 2 aliphatic rings. The molecule has 0 N–H and O–H groups in total. The van der Waals surface area contributed by atoms with Crippen molar-refractivity contribution in [3.63, 3.8) is 0 Å². The van der Waals surface area contributed by atoms with Crippen LogP contribution < -0.4 is 0 Å². The van der Waals surface area contributed by atoms with Crippen LogP contribution in [0.15, 0.2) is 0 Å². The smallest absolute Gasteiger partial charge is 0.134 e. The second kappa shape index (κ2) is 5.11. The number of likely N-dealkylation sites (tertiary alicyclic amines) is 1. The van der Waals surface area contributed by atoms with Crippen molar-refractivity contribution in [1.29, 1.82) is 0 Å². The van der Waals surface area contributed by atoms with E-state index in [2.05, 4.69) is 11.8 Å². The summed E-state index contributed by atoms with van der Waals surface area (Å²) in [7, 11) is 0. The molecule has 2 nitrogen and oxygen atoms in total. The first-order chi connectivity index (χ1) is 7.29. The van der Waals surface area contributed by atoms with Gasteiger partial charge in [0.2, 0.25) is 0 Å². The van der Waals surface area contributed by atoms with Crippen LogP contribution in [0.1, 0.15) is 51.9 Å². The minimum Gasteiger partial charge on any atom is -0.300 e. The highest BCUT2D eigenvalue weighted by Crippen LogP contribution is 2.26. The summed E-state index contributed by atoms with van der Waals surface area (Å²) < 4.78 is 0. The highest BCUT2D eigenvalue weighted by Gasteiger charge is 2.28. The quantitative estimate of drug-likeness (QED) is 0.697. The Labute approximate surface area is 93.0 Å². The van der Waals surface area contributed by atoms with E-state index in [-0.39, 0.29) is 0 Å². The predicted molar refractivity (Wildman–Crippen MR) is 61.9 cm³/mol. The van der Waals surface area contributed by atoms with Gasteiger partial charge in [0.05, 0.1) is 0 Å². The van der Waals surface area contributed by atoms with Gasteiger partial charge in [-0.15, -0.1) is 0 Å². The van der Waals surface area contributed by atoms with Crippen molar-refractivity contribution in [3.8, 4) is 0 Å². The van der Waals surface area contributed by atoms with Crippen LogP contribution in [0.25, 0.3) is 0 Å². The van der Waals surface area contributed by atoms with Crippen LogP contribution in [0.4, 0.5) is 0 Å². The van der Waals surface area contributed by atoms with Gasteiger partial charge < -0.3 is 0 Å². The molecule has 0 amide bonds. The number of hydrogen-bond donors (Lipinski definition) is 0. The van der Waals surface area contributed by atoms with Crippen LogP contribution in [-0.4, -0.2) is 29.8 Å². The molecule has 0 aromatic heterocycles. The third-order valence-electron chi connectivity index (χ3n) is 4.10. The van der Waals surface area contributed by atoms with E-state index in [0.717, 1.165) is 25.2 Å². The first-order valence-corrected chi connectivity index (χ1v) is 6.55. The lowest BCUT2D eigenvalue weighted by Gasteiger charge is -2.39. The van der Waals surface area contributed by atoms with Crippen LogP contribution >= 0.6 is 0 Å². The molecule has 0 radical (unpaired) electrons. The van der Waals surface area contributed by atoms with Crippen molar-refractivity contribution in [2.24, 2.45) is 5.92 Å². The fourth-order valence-corrected chi connectivity index (χ4v) is 3.08. The van der Waals surface area contributed by atoms with Gasteiger partial charge in [0.1, 0.15) is 5.78 Å². The van der Waals surface area contributed by atoms with Crippen molar-refractivity contribution >= 4 is 5.78 Å². The maximum Gasteiger partial charge on any atom is 0.134 e. The first kappa shape index (κ1) is 11.1. The maximum atomic E-state index is 11.4. The van der Waals surface area contributed by atoms with Crippen LogP contribution in [0.5, 0.6) is 0 Å². The van der Waals surface area contributed by atoms with Crippen molar-refractivity contribution < 1.29 is 4.79 Å². The van der Waals surface area contributed by atoms with Gasteiger partial charge in [0.15, 0.2) is 0 Å². The SMILES string of the molecule is CCC1CCCN(C2CCCC(=O)C2)C1. The molecular formula is C13H23NO. The van der Waals surface area contributed by atoms with Gasteiger partial charge in [-0.1, -0.05) is 13.3 Å². The summed E-state index contributed by atoms with van der Waals surface area (Å²) in [5, 5.41) is 0. The molecule has 0 spiro atoms. The number of ketones is 1. The highest BCUT2D eigenvalue weighted by atomic mass is 16.1. The van der Waals surface area contributed by atoms with Gasteiger partial charge in [0, 0.05) is 25.4 Å². The molecule has 0 bridgehead atoms. The number of nitrogens with zero attached hydrogens (tertiary/aromatic N) is 1. The van der Waals surface area contributed by atoms with Gasteiger partial charge in [-0.05, 0) is 38.1 Å². The molecule has 1 aliphatic heterocycles. The summed E-state index contributed by atoms with van der Waals surface area (Å²) in [5.74, 6) is 1.38. The summed E-state index contributed by atoms with van der Waals surface area (Å²) in [6.45, 7) is 4.77. The number of piperidine rings is 1. The zero-order valence-corrected chi connectivity index (χ0v) is 9.87. The molecule has 2 rings (SSSR count). The Bertz CT molecular complexity index is 227. The average Bonchev–Trinajstić information content (AvgIpc) is 2.29. The van der Waals surface area contributed by atoms with E-state index in [1.807, 2.05) is 0 Å². The lowest BCUT2D eigenvalue weighted by molar-refractivity contribution is -0.122. The zero-order valence-electron chi connectivity index (χ0n) is 9.87. The summed E-state index contributed by atoms with van der Waals surface area (Å²) >= 11 is 0. The van der Waals surface area contributed by atoms with E-state index in [4.69, 9.17) is 0 Å². The molecular weight excluding hydrogens is 186 g/mol. The van der Waals surface area contributed by atoms with Gasteiger partial charge >= 0.3 is 0 Å². The molecule has 2 unspecified atom stereocenters. The van der Waals surface area contributed by atoms with Crippen molar-refractivity contribution in [3.05, 3.63) is 0 Å². The number of carbonyl (C=O) groups is 1. The highest BCUT2D eigenvalue weighted by molar-refractivity contribution is 5.79. The van der Waals surface area contributed by atoms with E-state index in [0.29, 0.717) is 11.8 Å². The van der Waals surface area contributed by atoms with E-state index >= 15 is 0 Å². The molecule has 1 saturated carbocycles. The van der Waals surface area contributed by atoms with Crippen LogP contribution in [0.2, 0.25) is 0 Å². The zero-order chi connectivity index (χ0) is 10.7. The third-order valence-corrected chi connectivity index (χ3v) is 4.10. The average molecular weight is 209 g/mol. The van der Waals surface area contributed by atoms with Gasteiger partial charge in [0.25, 0.3) is 0 Å². The molecule has 2 heteroatoms. The van der Waals surface area contributed by atoms with Crippen molar-refractivity contribution in [1.82, 2.24) is 4.90 Å². The molecule has 1 heterocycles. The lowest BCUT2D eigenvalue weighted by atomic mass is 9.89. The second-order valence-corrected chi connectivity index (χ2v) is 5.20. The Kier molecular flexibility index (Phi) is 3.79. The molecule has 1 saturated heterocycles. The Morgan fingerprint density at radius 2 is 2.20 bits per heavy atom.